The molecule has 0 fully saturated rings. The molecule has 2 N–H and O–H groups in total. The van der Waals surface area contributed by atoms with E-state index in [-0.39, 0.29) is 11.5 Å². The van der Waals surface area contributed by atoms with Crippen molar-refractivity contribution in [3.63, 3.8) is 0 Å². The Balaban J connectivity index is 2.37. The van der Waals surface area contributed by atoms with Gasteiger partial charge < -0.3 is 0 Å². The summed E-state index contributed by atoms with van der Waals surface area (Å²) in [5, 5.41) is 9.78. The highest BCUT2D eigenvalue weighted by Gasteiger charge is 2.11. The van der Waals surface area contributed by atoms with E-state index < -0.39 is 0 Å². The number of benzene rings is 2. The summed E-state index contributed by atoms with van der Waals surface area (Å²) in [6, 6.07) is 11.2. The highest BCUT2D eigenvalue weighted by molar-refractivity contribution is 6.33. The van der Waals surface area contributed by atoms with Crippen molar-refractivity contribution in [1.82, 2.24) is 0 Å². The van der Waals surface area contributed by atoms with Crippen LogP contribution in [0.2, 0.25) is 10.0 Å². The summed E-state index contributed by atoms with van der Waals surface area (Å²) in [5.74, 6) is -0.167. The fraction of sp³-hybridized carbons (Fsp3) is 0. The fourth-order valence-electron chi connectivity index (χ4n) is 1.52. The Morgan fingerprint density at radius 2 is 1.61 bits per heavy atom. The Morgan fingerprint density at radius 3 is 2.22 bits per heavy atom. The number of nitrogens with one attached hydrogen (secondary N) is 1. The zero-order chi connectivity index (χ0) is 13.1. The van der Waals surface area contributed by atoms with Crippen molar-refractivity contribution >= 4 is 34.7 Å². The standard InChI is InChI=1S/C13H9Cl2NO2/c14-10-4-1-8(2-5-10)13(17)9-3-6-11(15)12(7-9)16-18/h1-7,16,18H. The summed E-state index contributed by atoms with van der Waals surface area (Å²) in [4.78, 5) is 12.1. The molecule has 0 aliphatic rings. The van der Waals surface area contributed by atoms with Gasteiger partial charge >= 0.3 is 0 Å². The number of anilines is 1. The van der Waals surface area contributed by atoms with Crippen molar-refractivity contribution in [2.24, 2.45) is 0 Å². The minimum atomic E-state index is -0.167. The maximum atomic E-state index is 12.1. The number of carbonyl (C=O) groups excluding carboxylic acids is 1. The highest BCUT2D eigenvalue weighted by atomic mass is 35.5. The Bertz CT molecular complexity index is 582. The number of hydrogen-bond acceptors (Lipinski definition) is 3. The molecule has 3 nitrogen and oxygen atoms in total. The molecule has 5 heteroatoms. The van der Waals surface area contributed by atoms with Crippen LogP contribution in [-0.4, -0.2) is 11.0 Å². The lowest BCUT2D eigenvalue weighted by molar-refractivity contribution is 0.103. The number of hydrogen-bond donors (Lipinski definition) is 2. The molecule has 2 aromatic rings. The van der Waals surface area contributed by atoms with Crippen molar-refractivity contribution in [2.45, 2.75) is 0 Å². The molecule has 2 aromatic carbocycles. The predicted molar refractivity (Wildman–Crippen MR) is 71.7 cm³/mol. The van der Waals surface area contributed by atoms with Crippen molar-refractivity contribution in [2.75, 3.05) is 5.48 Å². The van der Waals surface area contributed by atoms with Gasteiger partial charge in [0.15, 0.2) is 5.78 Å². The van der Waals surface area contributed by atoms with Crippen LogP contribution in [0.4, 0.5) is 5.69 Å². The van der Waals surface area contributed by atoms with Crippen LogP contribution in [0.25, 0.3) is 0 Å². The first-order valence-electron chi connectivity index (χ1n) is 5.12. The van der Waals surface area contributed by atoms with Gasteiger partial charge in [0.25, 0.3) is 0 Å². The summed E-state index contributed by atoms with van der Waals surface area (Å²) >= 11 is 11.6. The molecule has 0 saturated carbocycles. The van der Waals surface area contributed by atoms with Gasteiger partial charge in [-0.15, -0.1) is 0 Å². The Hall–Kier alpha value is -1.55. The van der Waals surface area contributed by atoms with Crippen LogP contribution in [0.1, 0.15) is 15.9 Å². The van der Waals surface area contributed by atoms with Crippen LogP contribution in [-0.2, 0) is 0 Å². The summed E-state index contributed by atoms with van der Waals surface area (Å²) in [6.07, 6.45) is 0. The second kappa shape index (κ2) is 5.40. The Labute approximate surface area is 114 Å². The molecule has 0 saturated heterocycles. The van der Waals surface area contributed by atoms with E-state index in [1.165, 1.54) is 6.07 Å². The van der Waals surface area contributed by atoms with Gasteiger partial charge in [-0.3, -0.25) is 15.5 Å². The molecule has 2 rings (SSSR count). The number of halogens is 2. The predicted octanol–water partition coefficient (Wildman–Crippen LogP) is 4.03. The van der Waals surface area contributed by atoms with E-state index in [0.717, 1.165) is 0 Å². The summed E-state index contributed by atoms with van der Waals surface area (Å²) in [5.41, 5.74) is 3.18. The third-order valence-corrected chi connectivity index (χ3v) is 3.04. The van der Waals surface area contributed by atoms with Gasteiger partial charge in [-0.1, -0.05) is 23.2 Å². The number of ketones is 1. The van der Waals surface area contributed by atoms with Crippen LogP contribution < -0.4 is 5.48 Å². The van der Waals surface area contributed by atoms with E-state index >= 15 is 0 Å². The molecule has 0 aliphatic heterocycles. The summed E-state index contributed by atoms with van der Waals surface area (Å²) in [6.45, 7) is 0. The molecular formula is C13H9Cl2NO2. The lowest BCUT2D eigenvalue weighted by atomic mass is 10.0. The smallest absolute Gasteiger partial charge is 0.193 e. The number of rotatable bonds is 3. The second-order valence-corrected chi connectivity index (χ2v) is 4.49. The minimum Gasteiger partial charge on any atom is -0.291 e. The van der Waals surface area contributed by atoms with E-state index in [2.05, 4.69) is 0 Å². The molecule has 92 valence electrons. The van der Waals surface area contributed by atoms with Gasteiger partial charge in [-0.25, -0.2) is 0 Å². The number of carbonyl (C=O) groups is 1. The molecular weight excluding hydrogens is 273 g/mol. The van der Waals surface area contributed by atoms with Gasteiger partial charge in [0.1, 0.15) is 0 Å². The Kier molecular flexibility index (Phi) is 3.87. The van der Waals surface area contributed by atoms with Crippen molar-refractivity contribution in [3.05, 3.63) is 63.6 Å². The lowest BCUT2D eigenvalue weighted by Gasteiger charge is -2.06. The quantitative estimate of drug-likeness (QED) is 0.660. The third kappa shape index (κ3) is 2.64. The molecule has 0 radical (unpaired) electrons. The molecule has 0 heterocycles. The second-order valence-electron chi connectivity index (χ2n) is 3.64. The van der Waals surface area contributed by atoms with Crippen LogP contribution in [0.3, 0.4) is 0 Å². The normalized spacial score (nSPS) is 10.2. The molecule has 0 spiro atoms. The monoisotopic (exact) mass is 281 g/mol. The van der Waals surface area contributed by atoms with Crippen LogP contribution in [0, 0.1) is 0 Å². The summed E-state index contributed by atoms with van der Waals surface area (Å²) < 4.78 is 0. The largest absolute Gasteiger partial charge is 0.291 e. The highest BCUT2D eigenvalue weighted by Crippen LogP contribution is 2.24. The van der Waals surface area contributed by atoms with Gasteiger partial charge in [0.05, 0.1) is 10.7 Å². The molecule has 0 bridgehead atoms. The third-order valence-electron chi connectivity index (χ3n) is 2.46. The summed E-state index contributed by atoms with van der Waals surface area (Å²) in [7, 11) is 0. The molecule has 0 aliphatic carbocycles. The lowest BCUT2D eigenvalue weighted by Crippen LogP contribution is -2.02. The first kappa shape index (κ1) is 12.9. The van der Waals surface area contributed by atoms with E-state index in [4.69, 9.17) is 28.4 Å². The first-order chi connectivity index (χ1) is 8.61. The van der Waals surface area contributed by atoms with Crippen molar-refractivity contribution in [1.29, 1.82) is 0 Å². The Morgan fingerprint density at radius 1 is 1.00 bits per heavy atom. The van der Waals surface area contributed by atoms with E-state index in [9.17, 15) is 4.79 Å². The fourth-order valence-corrected chi connectivity index (χ4v) is 1.81. The van der Waals surface area contributed by atoms with Crippen LogP contribution in [0.15, 0.2) is 42.5 Å². The van der Waals surface area contributed by atoms with Crippen LogP contribution in [0.5, 0.6) is 0 Å². The van der Waals surface area contributed by atoms with Crippen molar-refractivity contribution in [3.8, 4) is 0 Å². The van der Waals surface area contributed by atoms with Gasteiger partial charge in [-0.05, 0) is 42.5 Å². The van der Waals surface area contributed by atoms with Gasteiger partial charge in [0, 0.05) is 16.1 Å². The minimum absolute atomic E-state index is 0.167. The average Bonchev–Trinajstić information content (AvgIpc) is 2.39. The molecule has 0 atom stereocenters. The molecule has 18 heavy (non-hydrogen) atoms. The first-order valence-corrected chi connectivity index (χ1v) is 5.87. The van der Waals surface area contributed by atoms with Crippen molar-refractivity contribution < 1.29 is 10.0 Å². The van der Waals surface area contributed by atoms with E-state index in [0.29, 0.717) is 21.2 Å². The zero-order valence-corrected chi connectivity index (χ0v) is 10.7. The SMILES string of the molecule is O=C(c1ccc(Cl)cc1)c1ccc(Cl)c(NO)c1. The van der Waals surface area contributed by atoms with E-state index in [1.54, 1.807) is 36.4 Å². The molecule has 0 aromatic heterocycles. The molecule has 0 amide bonds. The van der Waals surface area contributed by atoms with E-state index in [1.807, 2.05) is 5.48 Å². The maximum absolute atomic E-state index is 12.1. The van der Waals surface area contributed by atoms with Crippen LogP contribution >= 0.6 is 23.2 Å². The molecule has 0 unspecified atom stereocenters. The zero-order valence-electron chi connectivity index (χ0n) is 9.15. The topological polar surface area (TPSA) is 49.3 Å². The van der Waals surface area contributed by atoms with Gasteiger partial charge in [0.2, 0.25) is 0 Å². The average molecular weight is 282 g/mol. The maximum Gasteiger partial charge on any atom is 0.193 e. The van der Waals surface area contributed by atoms with Gasteiger partial charge in [-0.2, -0.15) is 0 Å².